The molecule has 0 spiro atoms. The highest BCUT2D eigenvalue weighted by Gasteiger charge is 2.13. The lowest BCUT2D eigenvalue weighted by Gasteiger charge is -2.16. The maximum Gasteiger partial charge on any atom is 0.175 e. The normalized spacial score (nSPS) is 10.7. The third-order valence-corrected chi connectivity index (χ3v) is 5.02. The lowest BCUT2D eigenvalue weighted by Crippen LogP contribution is -2.16. The van der Waals surface area contributed by atoms with Crippen LogP contribution >= 0.6 is 15.9 Å². The summed E-state index contributed by atoms with van der Waals surface area (Å²) in [5.74, 6) is 1.10. The Labute approximate surface area is 180 Å². The number of ether oxygens (including phenoxy) is 2. The van der Waals surface area contributed by atoms with Gasteiger partial charge in [0.15, 0.2) is 11.5 Å². The molecule has 152 valence electrons. The van der Waals surface area contributed by atoms with Crippen molar-refractivity contribution in [1.82, 2.24) is 5.32 Å². The van der Waals surface area contributed by atoms with E-state index < -0.39 is 0 Å². The molecule has 0 unspecified atom stereocenters. The average Bonchev–Trinajstić information content (AvgIpc) is 2.73. The van der Waals surface area contributed by atoms with Crippen LogP contribution in [0.25, 0.3) is 0 Å². The van der Waals surface area contributed by atoms with E-state index in [0.717, 1.165) is 35.1 Å². The first-order chi connectivity index (χ1) is 14.2. The van der Waals surface area contributed by atoms with Crippen LogP contribution in [0, 0.1) is 5.82 Å². The zero-order valence-corrected chi connectivity index (χ0v) is 18.0. The standard InChI is InChI=1S/C24H25BrFNO2/c1-2-28-23-15-20(16-27-13-12-18-6-4-3-5-7-18)14-22(25)24(23)29-17-19-8-10-21(26)11-9-19/h3-11,14-15,27H,2,12-13,16-17H2,1H3. The minimum Gasteiger partial charge on any atom is -0.490 e. The van der Waals surface area contributed by atoms with E-state index in [1.165, 1.54) is 17.7 Å². The highest BCUT2D eigenvalue weighted by Crippen LogP contribution is 2.37. The molecule has 0 bridgehead atoms. The number of hydrogen-bond acceptors (Lipinski definition) is 3. The van der Waals surface area contributed by atoms with E-state index >= 15 is 0 Å². The van der Waals surface area contributed by atoms with Gasteiger partial charge in [-0.3, -0.25) is 0 Å². The summed E-state index contributed by atoms with van der Waals surface area (Å²) in [6.07, 6.45) is 0.985. The molecule has 5 heteroatoms. The summed E-state index contributed by atoms with van der Waals surface area (Å²) in [5.41, 5.74) is 3.33. The number of hydrogen-bond donors (Lipinski definition) is 1. The van der Waals surface area contributed by atoms with Gasteiger partial charge in [-0.2, -0.15) is 0 Å². The van der Waals surface area contributed by atoms with Crippen LogP contribution in [0.2, 0.25) is 0 Å². The molecule has 0 heterocycles. The topological polar surface area (TPSA) is 30.5 Å². The molecular formula is C24H25BrFNO2. The van der Waals surface area contributed by atoms with Gasteiger partial charge in [0.1, 0.15) is 12.4 Å². The van der Waals surface area contributed by atoms with Crippen molar-refractivity contribution in [3.63, 3.8) is 0 Å². The molecule has 0 fully saturated rings. The molecule has 3 aromatic rings. The van der Waals surface area contributed by atoms with Gasteiger partial charge in [-0.1, -0.05) is 42.5 Å². The fourth-order valence-corrected chi connectivity index (χ4v) is 3.58. The van der Waals surface area contributed by atoms with E-state index in [-0.39, 0.29) is 5.82 Å². The molecule has 1 N–H and O–H groups in total. The average molecular weight is 458 g/mol. The predicted molar refractivity (Wildman–Crippen MR) is 118 cm³/mol. The second-order valence-corrected chi connectivity index (χ2v) is 7.52. The molecule has 0 atom stereocenters. The lowest BCUT2D eigenvalue weighted by atomic mass is 10.1. The smallest absolute Gasteiger partial charge is 0.175 e. The van der Waals surface area contributed by atoms with Crippen LogP contribution in [0.5, 0.6) is 11.5 Å². The van der Waals surface area contributed by atoms with E-state index in [2.05, 4.69) is 45.5 Å². The van der Waals surface area contributed by atoms with Gasteiger partial charge in [-0.25, -0.2) is 4.39 Å². The van der Waals surface area contributed by atoms with Gasteiger partial charge in [0.25, 0.3) is 0 Å². The fourth-order valence-electron chi connectivity index (χ4n) is 2.97. The van der Waals surface area contributed by atoms with Crippen LogP contribution in [0.4, 0.5) is 4.39 Å². The molecule has 3 nitrogen and oxygen atoms in total. The van der Waals surface area contributed by atoms with Crippen LogP contribution in [0.15, 0.2) is 71.2 Å². The first-order valence-corrected chi connectivity index (χ1v) is 10.5. The maximum absolute atomic E-state index is 13.1. The highest BCUT2D eigenvalue weighted by atomic mass is 79.9. The summed E-state index contributed by atoms with van der Waals surface area (Å²) in [4.78, 5) is 0. The van der Waals surface area contributed by atoms with Gasteiger partial charge in [-0.15, -0.1) is 0 Å². The van der Waals surface area contributed by atoms with Crippen LogP contribution in [-0.4, -0.2) is 13.2 Å². The van der Waals surface area contributed by atoms with Crippen molar-refractivity contribution < 1.29 is 13.9 Å². The Morgan fingerprint density at radius 3 is 2.38 bits per heavy atom. The third-order valence-electron chi connectivity index (χ3n) is 4.43. The second-order valence-electron chi connectivity index (χ2n) is 6.67. The van der Waals surface area contributed by atoms with E-state index in [1.54, 1.807) is 12.1 Å². The summed E-state index contributed by atoms with van der Waals surface area (Å²) >= 11 is 3.61. The first-order valence-electron chi connectivity index (χ1n) is 9.73. The van der Waals surface area contributed by atoms with Crippen molar-refractivity contribution in [2.24, 2.45) is 0 Å². The number of nitrogens with one attached hydrogen (secondary N) is 1. The van der Waals surface area contributed by atoms with Crippen molar-refractivity contribution in [2.75, 3.05) is 13.2 Å². The number of benzene rings is 3. The quantitative estimate of drug-likeness (QED) is 0.384. The molecule has 0 aliphatic rings. The van der Waals surface area contributed by atoms with Gasteiger partial charge in [0.2, 0.25) is 0 Å². The summed E-state index contributed by atoms with van der Waals surface area (Å²) in [7, 11) is 0. The van der Waals surface area contributed by atoms with E-state index in [1.807, 2.05) is 25.1 Å². The Morgan fingerprint density at radius 2 is 1.66 bits per heavy atom. The van der Waals surface area contributed by atoms with Gasteiger partial charge < -0.3 is 14.8 Å². The molecule has 3 rings (SSSR count). The Balaban J connectivity index is 1.61. The Bertz CT molecular complexity index is 901. The van der Waals surface area contributed by atoms with E-state index in [0.29, 0.717) is 24.7 Å². The van der Waals surface area contributed by atoms with Crippen molar-refractivity contribution in [3.8, 4) is 11.5 Å². The molecule has 29 heavy (non-hydrogen) atoms. The maximum atomic E-state index is 13.1. The fraction of sp³-hybridized carbons (Fsp3) is 0.250. The van der Waals surface area contributed by atoms with Gasteiger partial charge in [0.05, 0.1) is 11.1 Å². The SMILES string of the molecule is CCOc1cc(CNCCc2ccccc2)cc(Br)c1OCc1ccc(F)cc1. The summed E-state index contributed by atoms with van der Waals surface area (Å²) in [6, 6.07) is 20.8. The molecule has 0 aromatic heterocycles. The van der Waals surface area contributed by atoms with Gasteiger partial charge >= 0.3 is 0 Å². The summed E-state index contributed by atoms with van der Waals surface area (Å²) < 4.78 is 25.7. The van der Waals surface area contributed by atoms with E-state index in [9.17, 15) is 4.39 Å². The third kappa shape index (κ3) is 6.58. The van der Waals surface area contributed by atoms with Crippen LogP contribution in [-0.2, 0) is 19.6 Å². The first kappa shape index (κ1) is 21.3. The highest BCUT2D eigenvalue weighted by molar-refractivity contribution is 9.10. The molecule has 3 aromatic carbocycles. The minimum absolute atomic E-state index is 0.256. The second kappa shape index (κ2) is 11.0. The largest absolute Gasteiger partial charge is 0.490 e. The van der Waals surface area contributed by atoms with Crippen LogP contribution in [0.3, 0.4) is 0 Å². The van der Waals surface area contributed by atoms with Crippen molar-refractivity contribution >= 4 is 15.9 Å². The Kier molecular flexibility index (Phi) is 8.08. The molecule has 0 aliphatic carbocycles. The van der Waals surface area contributed by atoms with E-state index in [4.69, 9.17) is 9.47 Å². The molecule has 0 amide bonds. The number of rotatable bonds is 10. The zero-order chi connectivity index (χ0) is 20.5. The Hall–Kier alpha value is -2.37. The zero-order valence-electron chi connectivity index (χ0n) is 16.5. The van der Waals surface area contributed by atoms with Crippen LogP contribution in [0.1, 0.15) is 23.6 Å². The molecule has 0 radical (unpaired) electrons. The van der Waals surface area contributed by atoms with Crippen LogP contribution < -0.4 is 14.8 Å². The Morgan fingerprint density at radius 1 is 0.897 bits per heavy atom. The minimum atomic E-state index is -0.256. The van der Waals surface area contributed by atoms with Crippen molar-refractivity contribution in [2.45, 2.75) is 26.5 Å². The monoisotopic (exact) mass is 457 g/mol. The molecule has 0 saturated carbocycles. The molecule has 0 saturated heterocycles. The number of halogens is 2. The summed E-state index contributed by atoms with van der Waals surface area (Å²) in [5, 5.41) is 3.48. The lowest BCUT2D eigenvalue weighted by molar-refractivity contribution is 0.267. The van der Waals surface area contributed by atoms with Gasteiger partial charge in [0, 0.05) is 6.54 Å². The predicted octanol–water partition coefficient (Wildman–Crippen LogP) is 5.90. The van der Waals surface area contributed by atoms with Crippen molar-refractivity contribution in [1.29, 1.82) is 0 Å². The molecule has 0 aliphatic heterocycles. The van der Waals surface area contributed by atoms with Crippen molar-refractivity contribution in [3.05, 3.63) is 93.7 Å². The van der Waals surface area contributed by atoms with Gasteiger partial charge in [-0.05, 0) is 76.8 Å². The molecular weight excluding hydrogens is 433 g/mol. The summed E-state index contributed by atoms with van der Waals surface area (Å²) in [6.45, 7) is 4.47.